The zero-order valence-corrected chi connectivity index (χ0v) is 14.6. The van der Waals surface area contributed by atoms with Crippen molar-refractivity contribution in [3.8, 4) is 0 Å². The van der Waals surface area contributed by atoms with Crippen LogP contribution in [0.3, 0.4) is 0 Å². The largest absolute Gasteiger partial charge is 0.279 e. The van der Waals surface area contributed by atoms with Crippen molar-refractivity contribution in [2.75, 3.05) is 4.72 Å². The van der Waals surface area contributed by atoms with Crippen molar-refractivity contribution >= 4 is 31.6 Å². The van der Waals surface area contributed by atoms with Crippen LogP contribution in [0.2, 0.25) is 0 Å². The van der Waals surface area contributed by atoms with E-state index in [0.29, 0.717) is 10.2 Å². The fraction of sp³-hybridized carbons (Fsp3) is 0.250. The second-order valence-electron chi connectivity index (χ2n) is 5.23. The quantitative estimate of drug-likeness (QED) is 0.852. The van der Waals surface area contributed by atoms with Crippen LogP contribution in [-0.4, -0.2) is 8.42 Å². The van der Waals surface area contributed by atoms with E-state index in [0.717, 1.165) is 11.1 Å². The molecule has 0 radical (unpaired) electrons. The highest BCUT2D eigenvalue weighted by atomic mass is 79.9. The molecule has 2 aromatic rings. The van der Waals surface area contributed by atoms with E-state index in [9.17, 15) is 8.42 Å². The third kappa shape index (κ3) is 3.47. The minimum Gasteiger partial charge on any atom is -0.279 e. The van der Waals surface area contributed by atoms with Gasteiger partial charge in [0.15, 0.2) is 0 Å². The van der Waals surface area contributed by atoms with Crippen molar-refractivity contribution in [2.45, 2.75) is 31.6 Å². The molecule has 0 bridgehead atoms. The van der Waals surface area contributed by atoms with Crippen molar-refractivity contribution in [1.29, 1.82) is 0 Å². The van der Waals surface area contributed by atoms with Crippen LogP contribution in [0.5, 0.6) is 0 Å². The summed E-state index contributed by atoms with van der Waals surface area (Å²) in [6.07, 6.45) is 0. The normalized spacial score (nSPS) is 11.7. The molecule has 1 N–H and O–H groups in total. The smallest absolute Gasteiger partial charge is 0.263 e. The van der Waals surface area contributed by atoms with Crippen LogP contribution in [0, 0.1) is 6.92 Å². The maximum Gasteiger partial charge on any atom is 0.263 e. The zero-order chi connectivity index (χ0) is 15.6. The van der Waals surface area contributed by atoms with Gasteiger partial charge in [-0.1, -0.05) is 44.2 Å². The lowest BCUT2D eigenvalue weighted by molar-refractivity contribution is 0.600. The van der Waals surface area contributed by atoms with Crippen LogP contribution in [0.25, 0.3) is 0 Å². The molecule has 0 unspecified atom stereocenters. The van der Waals surface area contributed by atoms with E-state index in [1.807, 2.05) is 39.0 Å². The van der Waals surface area contributed by atoms with Crippen LogP contribution in [0.1, 0.15) is 30.9 Å². The number of rotatable bonds is 4. The van der Waals surface area contributed by atoms with Gasteiger partial charge in [0.1, 0.15) is 4.90 Å². The Bertz CT molecular complexity index is 755. The van der Waals surface area contributed by atoms with Crippen LogP contribution >= 0.6 is 15.9 Å². The lowest BCUT2D eigenvalue weighted by atomic mass is 9.99. The van der Waals surface area contributed by atoms with E-state index in [2.05, 4.69) is 20.7 Å². The maximum absolute atomic E-state index is 12.6. The molecular weight excluding hydrogens is 350 g/mol. The maximum atomic E-state index is 12.6. The van der Waals surface area contributed by atoms with Crippen molar-refractivity contribution in [2.24, 2.45) is 0 Å². The molecule has 0 aliphatic heterocycles. The summed E-state index contributed by atoms with van der Waals surface area (Å²) in [5.74, 6) is 0.238. The monoisotopic (exact) mass is 367 g/mol. The predicted octanol–water partition coefficient (Wildman–Crippen LogP) is 4.68. The number of para-hydroxylation sites is 1. The number of halogens is 1. The van der Waals surface area contributed by atoms with E-state index in [1.165, 1.54) is 0 Å². The number of benzene rings is 2. The Morgan fingerprint density at radius 2 is 1.71 bits per heavy atom. The molecule has 21 heavy (non-hydrogen) atoms. The highest BCUT2D eigenvalue weighted by molar-refractivity contribution is 9.10. The number of aryl methyl sites for hydroxylation is 1. The minimum absolute atomic E-state index is 0.238. The Kier molecular flexibility index (Phi) is 4.74. The first-order chi connectivity index (χ1) is 9.83. The SMILES string of the molecule is Cc1cccc(C(C)C)c1NS(=O)(=O)c1ccccc1Br. The third-order valence-corrected chi connectivity index (χ3v) is 5.65. The lowest BCUT2D eigenvalue weighted by Gasteiger charge is -2.17. The van der Waals surface area contributed by atoms with Gasteiger partial charge in [-0.05, 0) is 52.0 Å². The Labute approximate surface area is 134 Å². The standard InChI is InChI=1S/C16H18BrNO2S/c1-11(2)13-8-6-7-12(3)16(13)18-21(19,20)15-10-5-4-9-14(15)17/h4-11,18H,1-3H3. The van der Waals surface area contributed by atoms with Crippen molar-refractivity contribution < 1.29 is 8.42 Å². The number of hydrogen-bond acceptors (Lipinski definition) is 2. The first-order valence-electron chi connectivity index (χ1n) is 6.70. The molecule has 2 rings (SSSR count). The molecule has 2 aromatic carbocycles. The molecule has 112 valence electrons. The topological polar surface area (TPSA) is 46.2 Å². The Balaban J connectivity index is 2.50. The Morgan fingerprint density at radius 3 is 2.33 bits per heavy atom. The van der Waals surface area contributed by atoms with Gasteiger partial charge >= 0.3 is 0 Å². The van der Waals surface area contributed by atoms with Crippen molar-refractivity contribution in [3.63, 3.8) is 0 Å². The number of hydrogen-bond donors (Lipinski definition) is 1. The fourth-order valence-electron chi connectivity index (χ4n) is 2.16. The van der Waals surface area contributed by atoms with Crippen LogP contribution in [0.4, 0.5) is 5.69 Å². The van der Waals surface area contributed by atoms with Gasteiger partial charge in [-0.3, -0.25) is 4.72 Å². The van der Waals surface area contributed by atoms with Gasteiger partial charge in [0, 0.05) is 4.47 Å². The molecule has 0 spiro atoms. The van der Waals surface area contributed by atoms with Crippen molar-refractivity contribution in [3.05, 3.63) is 58.1 Å². The summed E-state index contributed by atoms with van der Waals surface area (Å²) in [6, 6.07) is 12.6. The molecule has 0 atom stereocenters. The predicted molar refractivity (Wildman–Crippen MR) is 90.2 cm³/mol. The highest BCUT2D eigenvalue weighted by Gasteiger charge is 2.20. The van der Waals surface area contributed by atoms with E-state index in [4.69, 9.17) is 0 Å². The van der Waals surface area contributed by atoms with Gasteiger partial charge in [0.05, 0.1) is 5.69 Å². The summed E-state index contributed by atoms with van der Waals surface area (Å²) in [5.41, 5.74) is 2.57. The van der Waals surface area contributed by atoms with Gasteiger partial charge < -0.3 is 0 Å². The summed E-state index contributed by atoms with van der Waals surface area (Å²) in [6.45, 7) is 6.00. The molecule has 0 aromatic heterocycles. The summed E-state index contributed by atoms with van der Waals surface area (Å²) in [7, 11) is -3.62. The molecule has 0 fully saturated rings. The zero-order valence-electron chi connectivity index (χ0n) is 12.2. The lowest BCUT2D eigenvalue weighted by Crippen LogP contribution is -2.16. The van der Waals surface area contributed by atoms with Gasteiger partial charge in [0.25, 0.3) is 10.0 Å². The summed E-state index contributed by atoms with van der Waals surface area (Å²) in [4.78, 5) is 0.239. The Morgan fingerprint density at radius 1 is 1.05 bits per heavy atom. The summed E-state index contributed by atoms with van der Waals surface area (Å²) < 4.78 is 28.5. The van der Waals surface area contributed by atoms with E-state index in [-0.39, 0.29) is 10.8 Å². The third-order valence-electron chi connectivity index (χ3n) is 3.29. The molecule has 0 aliphatic carbocycles. The summed E-state index contributed by atoms with van der Waals surface area (Å²) >= 11 is 3.29. The van der Waals surface area contributed by atoms with Crippen LogP contribution in [0.15, 0.2) is 51.8 Å². The first-order valence-corrected chi connectivity index (χ1v) is 8.97. The number of sulfonamides is 1. The molecule has 0 aliphatic rings. The van der Waals surface area contributed by atoms with Crippen molar-refractivity contribution in [1.82, 2.24) is 0 Å². The van der Waals surface area contributed by atoms with E-state index < -0.39 is 10.0 Å². The second-order valence-corrected chi connectivity index (χ2v) is 7.73. The van der Waals surface area contributed by atoms with Crippen LogP contribution < -0.4 is 4.72 Å². The summed E-state index contributed by atoms with van der Waals surface area (Å²) in [5, 5.41) is 0. The first kappa shape index (κ1) is 16.0. The molecule has 0 heterocycles. The fourth-order valence-corrected chi connectivity index (χ4v) is 4.33. The molecular formula is C16H18BrNO2S. The molecule has 0 amide bonds. The Hall–Kier alpha value is -1.33. The molecule has 0 saturated heterocycles. The number of anilines is 1. The van der Waals surface area contributed by atoms with Gasteiger partial charge in [0.2, 0.25) is 0 Å². The highest BCUT2D eigenvalue weighted by Crippen LogP contribution is 2.31. The molecule has 5 heteroatoms. The van der Waals surface area contributed by atoms with E-state index >= 15 is 0 Å². The van der Waals surface area contributed by atoms with Crippen LogP contribution in [-0.2, 0) is 10.0 Å². The second kappa shape index (κ2) is 6.20. The van der Waals surface area contributed by atoms with E-state index in [1.54, 1.807) is 24.3 Å². The molecule has 0 saturated carbocycles. The van der Waals surface area contributed by atoms with Gasteiger partial charge in [-0.25, -0.2) is 8.42 Å². The number of nitrogens with one attached hydrogen (secondary N) is 1. The van der Waals surface area contributed by atoms with Gasteiger partial charge in [-0.15, -0.1) is 0 Å². The average molecular weight is 368 g/mol. The van der Waals surface area contributed by atoms with Gasteiger partial charge in [-0.2, -0.15) is 0 Å². The molecule has 3 nitrogen and oxygen atoms in total. The minimum atomic E-state index is -3.62. The average Bonchev–Trinajstić information content (AvgIpc) is 2.41.